The average Bonchev–Trinajstić information content (AvgIpc) is 3.55. The first-order valence-corrected chi connectivity index (χ1v) is 17.2. The number of sulfonamides is 1. The Bertz CT molecular complexity index is 1580. The molecule has 3 aromatic carbocycles. The maximum Gasteiger partial charge on any atom is 0.262 e. The lowest BCUT2D eigenvalue weighted by molar-refractivity contribution is -0.131. The molecule has 5 rings (SSSR count). The minimum atomic E-state index is -4.01. The number of hydrogen-bond donors (Lipinski definition) is 2. The van der Waals surface area contributed by atoms with Gasteiger partial charge < -0.3 is 19.9 Å². The van der Waals surface area contributed by atoms with Crippen molar-refractivity contribution in [3.05, 3.63) is 81.8 Å². The van der Waals surface area contributed by atoms with Crippen molar-refractivity contribution in [3.8, 4) is 11.5 Å². The highest BCUT2D eigenvalue weighted by Gasteiger charge is 2.23. The summed E-state index contributed by atoms with van der Waals surface area (Å²) in [5, 5.41) is 3.02. The molecule has 2 heterocycles. The fourth-order valence-electron chi connectivity index (χ4n) is 5.19. The highest BCUT2D eigenvalue weighted by atomic mass is 79.9. The van der Waals surface area contributed by atoms with Crippen molar-refractivity contribution in [2.45, 2.75) is 17.7 Å². The third-order valence-corrected chi connectivity index (χ3v) is 9.90. The fraction of sp³-hybridized carbons (Fsp3) is 0.355. The number of hydrogen-bond acceptors (Lipinski definition) is 7. The minimum absolute atomic E-state index is 0.0378. The molecule has 10 nitrogen and oxygen atoms in total. The molecule has 0 bridgehead atoms. The van der Waals surface area contributed by atoms with Crippen LogP contribution in [0, 0.1) is 0 Å². The summed E-state index contributed by atoms with van der Waals surface area (Å²) in [5.74, 6) is 0.0471. The third kappa shape index (κ3) is 8.51. The van der Waals surface area contributed by atoms with E-state index in [4.69, 9.17) is 16.3 Å². The van der Waals surface area contributed by atoms with Gasteiger partial charge in [0.05, 0.1) is 22.2 Å². The van der Waals surface area contributed by atoms with Gasteiger partial charge in [-0.15, -0.1) is 0 Å². The first-order chi connectivity index (χ1) is 21.2. The van der Waals surface area contributed by atoms with E-state index < -0.39 is 15.9 Å². The highest BCUT2D eigenvalue weighted by molar-refractivity contribution is 9.10. The van der Waals surface area contributed by atoms with E-state index in [1.165, 1.54) is 50.2 Å². The molecule has 44 heavy (non-hydrogen) atoms. The number of halogens is 2. The molecule has 2 N–H and O–H groups in total. The lowest BCUT2D eigenvalue weighted by Crippen LogP contribution is -2.52. The number of para-hydroxylation sites is 2. The molecule has 0 radical (unpaired) electrons. The first-order valence-electron chi connectivity index (χ1n) is 14.5. The summed E-state index contributed by atoms with van der Waals surface area (Å²) in [6, 6.07) is 17.2. The highest BCUT2D eigenvalue weighted by Crippen LogP contribution is 2.35. The minimum Gasteiger partial charge on any atom is -0.454 e. The van der Waals surface area contributed by atoms with Crippen molar-refractivity contribution < 1.29 is 22.7 Å². The molecule has 0 unspecified atom stereocenters. The fourth-order valence-corrected chi connectivity index (χ4v) is 6.97. The van der Waals surface area contributed by atoms with Gasteiger partial charge in [0.15, 0.2) is 5.75 Å². The maximum atomic E-state index is 13.2. The number of likely N-dealkylation sites (tertiary alicyclic amines) is 1. The van der Waals surface area contributed by atoms with Gasteiger partial charge in [-0.1, -0.05) is 39.7 Å². The molecule has 2 aliphatic heterocycles. The van der Waals surface area contributed by atoms with E-state index in [-0.39, 0.29) is 34.3 Å². The van der Waals surface area contributed by atoms with Gasteiger partial charge in [0.2, 0.25) is 5.91 Å². The van der Waals surface area contributed by atoms with Crippen LogP contribution in [0.1, 0.15) is 23.2 Å². The molecule has 2 amide bonds. The predicted octanol–water partition coefficient (Wildman–Crippen LogP) is 4.67. The second kappa shape index (κ2) is 14.7. The standard InChI is InChI=1S/C31H35BrClN5O5S/c32-24-9-12-28(26(33)21-24)43-29-6-2-1-5-27(29)35-44(41,42)25-10-7-23(8-11-25)31(40)34-22-30(39)38-19-17-37(18-20-38)16-15-36-13-3-4-14-36/h1-2,5-12,21,35H,3-4,13-20,22H2,(H,34,40). The van der Waals surface area contributed by atoms with E-state index in [2.05, 4.69) is 35.8 Å². The molecule has 0 aromatic heterocycles. The van der Waals surface area contributed by atoms with Gasteiger partial charge in [0, 0.05) is 49.3 Å². The Morgan fingerprint density at radius 3 is 2.18 bits per heavy atom. The molecule has 0 spiro atoms. The summed E-state index contributed by atoms with van der Waals surface area (Å²) in [6.07, 6.45) is 2.56. The van der Waals surface area contributed by atoms with Gasteiger partial charge in [0.25, 0.3) is 15.9 Å². The number of ether oxygens (including phenoxy) is 1. The van der Waals surface area contributed by atoms with Gasteiger partial charge in [-0.3, -0.25) is 19.2 Å². The number of carbonyl (C=O) groups is 2. The second-order valence-electron chi connectivity index (χ2n) is 10.8. The van der Waals surface area contributed by atoms with Gasteiger partial charge >= 0.3 is 0 Å². The van der Waals surface area contributed by atoms with Gasteiger partial charge in [0.1, 0.15) is 5.75 Å². The Labute approximate surface area is 271 Å². The number of nitrogens with zero attached hydrogens (tertiary/aromatic N) is 3. The molecule has 13 heteroatoms. The van der Waals surface area contributed by atoms with Gasteiger partial charge in [-0.05, 0) is 80.5 Å². The van der Waals surface area contributed by atoms with Gasteiger partial charge in [-0.25, -0.2) is 8.42 Å². The average molecular weight is 705 g/mol. The lowest BCUT2D eigenvalue weighted by Gasteiger charge is -2.35. The molecular formula is C31H35BrClN5O5S. The Kier molecular flexibility index (Phi) is 10.8. The first kappa shape index (κ1) is 32.2. The van der Waals surface area contributed by atoms with Crippen molar-refractivity contribution in [2.24, 2.45) is 0 Å². The van der Waals surface area contributed by atoms with Crippen LogP contribution in [0.25, 0.3) is 0 Å². The van der Waals surface area contributed by atoms with E-state index in [1.54, 1.807) is 47.4 Å². The third-order valence-electron chi connectivity index (χ3n) is 7.73. The SMILES string of the molecule is O=C(NCC(=O)N1CCN(CCN2CCCC2)CC1)c1ccc(S(=O)(=O)Nc2ccccc2Oc2ccc(Br)cc2Cl)cc1. The molecule has 0 saturated carbocycles. The number of carbonyl (C=O) groups excluding carboxylic acids is 2. The van der Waals surface area contributed by atoms with Crippen molar-refractivity contribution in [1.82, 2.24) is 20.0 Å². The van der Waals surface area contributed by atoms with Crippen molar-refractivity contribution in [1.29, 1.82) is 0 Å². The van der Waals surface area contributed by atoms with Crippen LogP contribution < -0.4 is 14.8 Å². The molecule has 2 aliphatic rings. The van der Waals surface area contributed by atoms with Crippen LogP contribution in [0.2, 0.25) is 5.02 Å². The normalized spacial score (nSPS) is 16.1. The smallest absolute Gasteiger partial charge is 0.262 e. The Morgan fingerprint density at radius 2 is 1.50 bits per heavy atom. The Morgan fingerprint density at radius 1 is 0.841 bits per heavy atom. The van der Waals surface area contributed by atoms with Crippen LogP contribution in [0.4, 0.5) is 5.69 Å². The topological polar surface area (TPSA) is 111 Å². The van der Waals surface area contributed by atoms with E-state index in [9.17, 15) is 18.0 Å². The summed E-state index contributed by atoms with van der Waals surface area (Å²) in [5.41, 5.74) is 0.469. The van der Waals surface area contributed by atoms with Crippen LogP contribution in [-0.2, 0) is 14.8 Å². The predicted molar refractivity (Wildman–Crippen MR) is 174 cm³/mol. The van der Waals surface area contributed by atoms with Crippen molar-refractivity contribution in [3.63, 3.8) is 0 Å². The molecule has 0 aliphatic carbocycles. The van der Waals surface area contributed by atoms with Crippen LogP contribution >= 0.6 is 27.5 Å². The number of piperazine rings is 1. The molecule has 0 atom stereocenters. The second-order valence-corrected chi connectivity index (χ2v) is 13.8. The summed E-state index contributed by atoms with van der Waals surface area (Å²) in [6.45, 7) is 7.26. The lowest BCUT2D eigenvalue weighted by atomic mass is 10.2. The summed E-state index contributed by atoms with van der Waals surface area (Å²) in [4.78, 5) is 32.1. The van der Waals surface area contributed by atoms with Crippen LogP contribution in [-0.4, -0.2) is 93.8 Å². The number of nitrogens with one attached hydrogen (secondary N) is 2. The molecule has 234 valence electrons. The Balaban J connectivity index is 1.11. The molecule has 2 fully saturated rings. The van der Waals surface area contributed by atoms with Gasteiger partial charge in [-0.2, -0.15) is 0 Å². The molecular weight excluding hydrogens is 670 g/mol. The quantitative estimate of drug-likeness (QED) is 0.299. The van der Waals surface area contributed by atoms with E-state index in [1.807, 2.05) is 0 Å². The number of benzene rings is 3. The number of amides is 2. The van der Waals surface area contributed by atoms with E-state index in [0.29, 0.717) is 23.9 Å². The molecule has 2 saturated heterocycles. The van der Waals surface area contributed by atoms with E-state index >= 15 is 0 Å². The molecule has 3 aromatic rings. The van der Waals surface area contributed by atoms with Crippen LogP contribution in [0.3, 0.4) is 0 Å². The zero-order chi connectivity index (χ0) is 31.1. The van der Waals surface area contributed by atoms with Crippen molar-refractivity contribution >= 4 is 55.1 Å². The largest absolute Gasteiger partial charge is 0.454 e. The monoisotopic (exact) mass is 703 g/mol. The number of anilines is 1. The summed E-state index contributed by atoms with van der Waals surface area (Å²) < 4.78 is 35.5. The van der Waals surface area contributed by atoms with E-state index in [0.717, 1.165) is 30.7 Å². The number of rotatable bonds is 11. The summed E-state index contributed by atoms with van der Waals surface area (Å²) >= 11 is 9.61. The van der Waals surface area contributed by atoms with Crippen LogP contribution in [0.5, 0.6) is 11.5 Å². The Hall–Kier alpha value is -3.16. The maximum absolute atomic E-state index is 13.2. The zero-order valence-corrected chi connectivity index (χ0v) is 27.3. The summed E-state index contributed by atoms with van der Waals surface area (Å²) in [7, 11) is -4.01. The zero-order valence-electron chi connectivity index (χ0n) is 24.2. The van der Waals surface area contributed by atoms with Crippen molar-refractivity contribution in [2.75, 3.05) is 63.6 Å². The van der Waals surface area contributed by atoms with Crippen LogP contribution in [0.15, 0.2) is 76.1 Å².